The van der Waals surface area contributed by atoms with Crippen molar-refractivity contribution in [3.8, 4) is 102 Å². The Kier molecular flexibility index (Phi) is 18.6. The molecular formula is C108H83B4BrO9. The number of halogens is 1. The Morgan fingerprint density at radius 2 is 0.434 bits per heavy atom. The van der Waals surface area contributed by atoms with Crippen LogP contribution in [0.1, 0.15) is 55.4 Å². The third-order valence-corrected chi connectivity index (χ3v) is 27.3. The number of rotatable bonds is 7. The van der Waals surface area contributed by atoms with E-state index in [1.807, 2.05) is 24.3 Å². The first-order chi connectivity index (χ1) is 58.9. The highest BCUT2D eigenvalue weighted by molar-refractivity contribution is 9.10. The van der Waals surface area contributed by atoms with E-state index in [-0.39, 0.29) is 18.9 Å². The maximum Gasteiger partial charge on any atom is 0.494 e. The van der Waals surface area contributed by atoms with Crippen molar-refractivity contribution < 1.29 is 43.0 Å². The van der Waals surface area contributed by atoms with Crippen molar-refractivity contribution in [2.45, 2.75) is 77.8 Å². The summed E-state index contributed by atoms with van der Waals surface area (Å²) in [6.07, 6.45) is 0. The van der Waals surface area contributed by atoms with Crippen LogP contribution >= 0.6 is 15.9 Å². The zero-order valence-electron chi connectivity index (χ0n) is 68.9. The number of hydrogen-bond donors (Lipinski definition) is 0. The number of ether oxygens (including phenoxy) is 4. The van der Waals surface area contributed by atoms with E-state index < -0.39 is 36.6 Å². The zero-order chi connectivity index (χ0) is 81.8. The molecule has 0 radical (unpaired) electrons. The minimum Gasteiger partial charge on any atom is -0.458 e. The minimum atomic E-state index is -0.457. The third-order valence-electron chi connectivity index (χ3n) is 26.4. The average Bonchev–Trinajstić information content (AvgIpc) is 1.39. The van der Waals surface area contributed by atoms with Crippen LogP contribution in [0.25, 0.3) is 120 Å². The van der Waals surface area contributed by atoms with Gasteiger partial charge in [0.1, 0.15) is 46.0 Å². The molecule has 6 aliphatic heterocycles. The molecule has 14 heteroatoms. The summed E-state index contributed by atoms with van der Waals surface area (Å²) >= 11 is 3.79. The van der Waals surface area contributed by atoms with Gasteiger partial charge >= 0.3 is 14.2 Å². The fourth-order valence-electron chi connectivity index (χ4n) is 19.1. The number of benzene rings is 18. The van der Waals surface area contributed by atoms with Crippen molar-refractivity contribution in [3.63, 3.8) is 0 Å². The van der Waals surface area contributed by atoms with E-state index in [1.54, 1.807) is 0 Å². The van der Waals surface area contributed by atoms with Crippen LogP contribution in [0.4, 0.5) is 0 Å². The molecule has 0 aliphatic carbocycles. The maximum absolute atomic E-state index is 6.88. The molecule has 122 heavy (non-hydrogen) atoms. The molecule has 0 spiro atoms. The monoisotopic (exact) mass is 1650 g/mol. The van der Waals surface area contributed by atoms with E-state index in [0.717, 1.165) is 101 Å². The second kappa shape index (κ2) is 29.6. The zero-order valence-corrected chi connectivity index (χ0v) is 70.4. The molecule has 6 aliphatic rings. The number of fused-ring (bicyclic) bond motifs is 14. The summed E-state index contributed by atoms with van der Waals surface area (Å²) in [5.41, 5.74) is 19.0. The van der Waals surface area contributed by atoms with E-state index in [4.69, 9.17) is 37.6 Å². The molecule has 0 saturated carbocycles. The fraction of sp³-hybridized carbons (Fsp3) is 0.111. The molecule has 2 saturated heterocycles. The highest BCUT2D eigenvalue weighted by atomic mass is 79.9. The first-order valence-electron chi connectivity index (χ1n) is 41.8. The molecule has 2 N–H and O–H groups in total. The van der Waals surface area contributed by atoms with Crippen molar-refractivity contribution in [2.75, 3.05) is 0 Å². The molecule has 0 bridgehead atoms. The molecule has 6 heterocycles. The van der Waals surface area contributed by atoms with Gasteiger partial charge in [0.2, 0.25) is 0 Å². The smallest absolute Gasteiger partial charge is 0.458 e. The van der Waals surface area contributed by atoms with Gasteiger partial charge in [-0.25, -0.2) is 0 Å². The summed E-state index contributed by atoms with van der Waals surface area (Å²) in [6.45, 7) is 16.5. The molecule has 2 fully saturated rings. The summed E-state index contributed by atoms with van der Waals surface area (Å²) < 4.78 is 53.1. The first-order valence-corrected chi connectivity index (χ1v) is 42.6. The van der Waals surface area contributed by atoms with Gasteiger partial charge in [0.25, 0.3) is 13.4 Å². The standard InChI is InChI=1S/C58H35BO2.C30H33B3O6.C20H13Br.H2O/c1-3-16-36(17-4-1)54-40-20-7-11-24-44(40)56(45-25-12-8-21-41(45)54)38-30-32-48-52(34-38)60-50-28-15-29-51-58(50)59(48)49-33-31-39(35-53(49)61-51)57-46-26-13-9-22-42(46)55(37-18-5-2-6-19-37)43-23-10-14-27-47(43)57;1-27(2)28(3,4)37-32(36-27)18-12-14-20-24(16-18)34-22-10-9-11-23-26(22)31(20)21-15-13-19(17-25(21)35-23)33-38-29(5,6)30(7,8)39-33;21-20-17-12-6-4-10-15(17)19(14-8-2-1-3-9-14)16-11-5-7-13-18(16)20;/h1-35H;9-17H,1-8H3;1-13H;1H2. The normalized spacial score (nSPS) is 15.4. The van der Waals surface area contributed by atoms with Crippen molar-refractivity contribution in [2.24, 2.45) is 0 Å². The van der Waals surface area contributed by atoms with Crippen LogP contribution in [-0.4, -0.2) is 55.5 Å². The van der Waals surface area contributed by atoms with Gasteiger partial charge < -0.3 is 43.0 Å². The minimum absolute atomic E-state index is 0. The van der Waals surface area contributed by atoms with Gasteiger partial charge in [-0.2, -0.15) is 0 Å². The Labute approximate surface area is 719 Å². The largest absolute Gasteiger partial charge is 0.494 e. The van der Waals surface area contributed by atoms with Gasteiger partial charge in [0, 0.05) is 15.4 Å². The van der Waals surface area contributed by atoms with Crippen molar-refractivity contribution in [3.05, 3.63) is 350 Å². The van der Waals surface area contributed by atoms with Crippen LogP contribution in [-0.2, 0) is 18.6 Å². The van der Waals surface area contributed by atoms with Gasteiger partial charge in [-0.3, -0.25) is 0 Å². The fourth-order valence-corrected chi connectivity index (χ4v) is 19.8. The lowest BCUT2D eigenvalue weighted by Gasteiger charge is -2.33. The third kappa shape index (κ3) is 12.5. The van der Waals surface area contributed by atoms with Gasteiger partial charge in [0.05, 0.1) is 22.4 Å². The molecule has 9 nitrogen and oxygen atoms in total. The summed E-state index contributed by atoms with van der Waals surface area (Å²) in [5, 5.41) is 14.9. The lowest BCUT2D eigenvalue weighted by atomic mass is 9.34. The molecule has 18 aromatic carbocycles. The van der Waals surface area contributed by atoms with Crippen molar-refractivity contribution in [1.29, 1.82) is 0 Å². The SMILES string of the molecule is Brc1c2ccccc2c(-c2ccccc2)c2ccccc12.CC1(C)OB(c2ccc3c(c2)Oc2cccc4c2B3c2ccc(B3OC(C)(C)C(C)(C)O3)cc2O4)OC1(C)C.O.c1ccc(-c2c3ccccc3c(-c3ccc4c(c3)Oc3cccc5c3B4c3ccc(-c4c6ccccc6c(-c6ccccc6)c6ccccc46)cc3O5)c3ccccc23)cc1. The first kappa shape index (κ1) is 76.6. The van der Waals surface area contributed by atoms with Crippen LogP contribution in [0, 0.1) is 0 Å². The van der Waals surface area contributed by atoms with Gasteiger partial charge in [-0.15, -0.1) is 0 Å². The molecule has 18 aromatic rings. The highest BCUT2D eigenvalue weighted by Crippen LogP contribution is 2.50. The Bertz CT molecular complexity index is 6760. The summed E-state index contributed by atoms with van der Waals surface area (Å²) in [7, 11) is -0.915. The van der Waals surface area contributed by atoms with Crippen LogP contribution in [0.15, 0.2) is 350 Å². The second-order valence-electron chi connectivity index (χ2n) is 34.4. The quantitative estimate of drug-likeness (QED) is 0.115. The van der Waals surface area contributed by atoms with E-state index in [1.165, 1.54) is 114 Å². The van der Waals surface area contributed by atoms with Gasteiger partial charge in [-0.05, 0) is 273 Å². The molecule has 0 amide bonds. The molecule has 24 rings (SSSR count). The van der Waals surface area contributed by atoms with Crippen molar-refractivity contribution in [1.82, 2.24) is 0 Å². The maximum atomic E-state index is 6.88. The van der Waals surface area contributed by atoms with Gasteiger partial charge in [0.15, 0.2) is 0 Å². The molecule has 0 atom stereocenters. The van der Waals surface area contributed by atoms with Crippen LogP contribution in [0.3, 0.4) is 0 Å². The Morgan fingerprint density at radius 1 is 0.213 bits per heavy atom. The molecule has 0 aromatic heterocycles. The average molecular weight is 1650 g/mol. The topological polar surface area (TPSA) is 105 Å². The van der Waals surface area contributed by atoms with Crippen LogP contribution < -0.4 is 62.6 Å². The lowest BCUT2D eigenvalue weighted by Crippen LogP contribution is -2.58. The van der Waals surface area contributed by atoms with Crippen LogP contribution in [0.2, 0.25) is 0 Å². The van der Waals surface area contributed by atoms with Crippen LogP contribution in [0.5, 0.6) is 46.0 Å². The van der Waals surface area contributed by atoms with E-state index in [0.29, 0.717) is 0 Å². The number of hydrogen-bond acceptors (Lipinski definition) is 8. The Balaban J connectivity index is 0.000000128. The Hall–Kier alpha value is -12.7. The molecule has 588 valence electrons. The van der Waals surface area contributed by atoms with Crippen molar-refractivity contribution >= 4 is 152 Å². The predicted molar refractivity (Wildman–Crippen MR) is 510 cm³/mol. The lowest BCUT2D eigenvalue weighted by molar-refractivity contribution is 0.00578. The summed E-state index contributed by atoms with van der Waals surface area (Å²) in [5.74, 6) is 6.64. The molecule has 0 unspecified atom stereocenters. The summed E-state index contributed by atoms with van der Waals surface area (Å²) in [4.78, 5) is 0. The van der Waals surface area contributed by atoms with E-state index in [2.05, 4.69) is 393 Å². The summed E-state index contributed by atoms with van der Waals surface area (Å²) in [6, 6.07) is 123. The Morgan fingerprint density at radius 3 is 0.705 bits per heavy atom. The van der Waals surface area contributed by atoms with E-state index in [9.17, 15) is 0 Å². The predicted octanol–water partition coefficient (Wildman–Crippen LogP) is 22.3. The highest BCUT2D eigenvalue weighted by Gasteiger charge is 2.54. The van der Waals surface area contributed by atoms with E-state index >= 15 is 0 Å². The van der Waals surface area contributed by atoms with Gasteiger partial charge in [-0.1, -0.05) is 297 Å². The molecular weight excluding hydrogens is 1560 g/mol. The second-order valence-corrected chi connectivity index (χ2v) is 35.2.